The molecule has 0 unspecified atom stereocenters. The fourth-order valence-electron chi connectivity index (χ4n) is 2.69. The fourth-order valence-corrected chi connectivity index (χ4v) is 2.69. The van der Waals surface area contributed by atoms with Gasteiger partial charge in [-0.3, -0.25) is 9.98 Å². The molecule has 0 spiro atoms. The van der Waals surface area contributed by atoms with Gasteiger partial charge in [0.25, 0.3) is 0 Å². The molecule has 3 aromatic rings. The molecule has 0 aliphatic carbocycles. The average Bonchev–Trinajstić information content (AvgIpc) is 2.64. The molecule has 0 bridgehead atoms. The van der Waals surface area contributed by atoms with Gasteiger partial charge in [0.05, 0.1) is 11.4 Å². The molecule has 0 atom stereocenters. The number of aromatic hydroxyl groups is 2. The SMILES string of the molecule is CC(=Nc1ccccc1N=C(C)c1ccccc1O)c1ccccc1O.[Zn]. The van der Waals surface area contributed by atoms with Crippen molar-refractivity contribution in [2.24, 2.45) is 9.98 Å². The van der Waals surface area contributed by atoms with E-state index in [4.69, 9.17) is 0 Å². The number of para-hydroxylation sites is 4. The maximum atomic E-state index is 10.0. The number of benzene rings is 3. The topological polar surface area (TPSA) is 65.2 Å². The van der Waals surface area contributed by atoms with Gasteiger partial charge in [-0.25, -0.2) is 0 Å². The van der Waals surface area contributed by atoms with Crippen LogP contribution < -0.4 is 0 Å². The summed E-state index contributed by atoms with van der Waals surface area (Å²) in [6, 6.07) is 21.8. The van der Waals surface area contributed by atoms with E-state index in [2.05, 4.69) is 9.98 Å². The maximum absolute atomic E-state index is 10.0. The minimum atomic E-state index is 0. The molecule has 3 rings (SSSR count). The average molecular weight is 410 g/mol. The number of phenols is 2. The minimum Gasteiger partial charge on any atom is -0.507 e. The largest absolute Gasteiger partial charge is 0.507 e. The van der Waals surface area contributed by atoms with E-state index >= 15 is 0 Å². The number of hydrogen-bond acceptors (Lipinski definition) is 4. The predicted octanol–water partition coefficient (Wildman–Crippen LogP) is 5.38. The molecule has 0 saturated carbocycles. The van der Waals surface area contributed by atoms with Gasteiger partial charge in [-0.05, 0) is 50.2 Å². The first-order chi connectivity index (χ1) is 12.6. The molecular formula is C22H20N2O2Zn. The van der Waals surface area contributed by atoms with E-state index in [9.17, 15) is 10.2 Å². The Labute approximate surface area is 171 Å². The molecule has 132 valence electrons. The first-order valence-corrected chi connectivity index (χ1v) is 8.32. The third-order valence-corrected chi connectivity index (χ3v) is 4.05. The molecule has 0 aliphatic rings. The van der Waals surface area contributed by atoms with Gasteiger partial charge in [-0.2, -0.15) is 0 Å². The van der Waals surface area contributed by atoms with E-state index in [1.165, 1.54) is 0 Å². The van der Waals surface area contributed by atoms with E-state index in [1.54, 1.807) is 24.3 Å². The molecule has 0 aromatic heterocycles. The smallest absolute Gasteiger partial charge is 0.124 e. The van der Waals surface area contributed by atoms with Crippen LogP contribution in [0.4, 0.5) is 11.4 Å². The van der Waals surface area contributed by atoms with Crippen LogP contribution in [0.2, 0.25) is 0 Å². The molecule has 0 saturated heterocycles. The summed E-state index contributed by atoms with van der Waals surface area (Å²) < 4.78 is 0. The summed E-state index contributed by atoms with van der Waals surface area (Å²) in [6.45, 7) is 3.71. The van der Waals surface area contributed by atoms with Crippen molar-refractivity contribution in [3.8, 4) is 11.5 Å². The summed E-state index contributed by atoms with van der Waals surface area (Å²) in [6.07, 6.45) is 0. The minimum absolute atomic E-state index is 0. The number of hydrogen-bond donors (Lipinski definition) is 2. The Bertz CT molecular complexity index is 916. The van der Waals surface area contributed by atoms with E-state index in [0.29, 0.717) is 33.9 Å². The zero-order valence-corrected chi connectivity index (χ0v) is 18.4. The summed E-state index contributed by atoms with van der Waals surface area (Å²) in [5, 5.41) is 20.0. The second-order valence-corrected chi connectivity index (χ2v) is 5.92. The molecule has 0 radical (unpaired) electrons. The van der Waals surface area contributed by atoms with E-state index in [-0.39, 0.29) is 31.0 Å². The number of rotatable bonds is 4. The fraction of sp³-hybridized carbons (Fsp3) is 0.0909. The summed E-state index contributed by atoms with van der Waals surface area (Å²) in [7, 11) is 0. The van der Waals surface area contributed by atoms with Crippen molar-refractivity contribution in [1.29, 1.82) is 0 Å². The summed E-state index contributed by atoms with van der Waals surface area (Å²) in [4.78, 5) is 9.29. The van der Waals surface area contributed by atoms with Crippen molar-refractivity contribution in [3.63, 3.8) is 0 Å². The number of aliphatic imine (C=N–C) groups is 2. The molecule has 27 heavy (non-hydrogen) atoms. The first kappa shape index (κ1) is 20.5. The summed E-state index contributed by atoms with van der Waals surface area (Å²) >= 11 is 0. The van der Waals surface area contributed by atoms with Crippen molar-refractivity contribution >= 4 is 22.8 Å². The van der Waals surface area contributed by atoms with Crippen LogP contribution in [0.1, 0.15) is 25.0 Å². The molecule has 4 nitrogen and oxygen atoms in total. The zero-order valence-electron chi connectivity index (χ0n) is 15.4. The Balaban J connectivity index is 0.00000261. The Hall–Kier alpha value is -2.78. The van der Waals surface area contributed by atoms with Gasteiger partial charge in [0.1, 0.15) is 11.5 Å². The van der Waals surface area contributed by atoms with Crippen molar-refractivity contribution < 1.29 is 29.7 Å². The van der Waals surface area contributed by atoms with Crippen molar-refractivity contribution in [3.05, 3.63) is 83.9 Å². The maximum Gasteiger partial charge on any atom is 0.124 e. The Morgan fingerprint density at radius 1 is 0.593 bits per heavy atom. The number of phenolic OH excluding ortho intramolecular Hbond substituents is 2. The third-order valence-electron chi connectivity index (χ3n) is 4.05. The van der Waals surface area contributed by atoms with E-state index < -0.39 is 0 Å². The van der Waals surface area contributed by atoms with Gasteiger partial charge in [-0.1, -0.05) is 36.4 Å². The molecule has 0 amide bonds. The van der Waals surface area contributed by atoms with Crippen molar-refractivity contribution in [2.45, 2.75) is 13.8 Å². The molecule has 5 heteroatoms. The van der Waals surface area contributed by atoms with Crippen LogP contribution in [0.15, 0.2) is 82.8 Å². The second-order valence-electron chi connectivity index (χ2n) is 5.92. The third kappa shape index (κ3) is 4.90. The second kappa shape index (κ2) is 9.24. The van der Waals surface area contributed by atoms with Crippen LogP contribution in [0.25, 0.3) is 0 Å². The van der Waals surface area contributed by atoms with Crippen LogP contribution >= 0.6 is 0 Å². The molecule has 0 fully saturated rings. The summed E-state index contributed by atoms with van der Waals surface area (Å²) in [5.74, 6) is 0.389. The first-order valence-electron chi connectivity index (χ1n) is 8.32. The van der Waals surface area contributed by atoms with Gasteiger partial charge in [-0.15, -0.1) is 0 Å². The molecule has 0 aliphatic heterocycles. The predicted molar refractivity (Wildman–Crippen MR) is 106 cm³/mol. The normalized spacial score (nSPS) is 11.8. The van der Waals surface area contributed by atoms with E-state index in [1.807, 2.05) is 62.4 Å². The monoisotopic (exact) mass is 408 g/mol. The van der Waals surface area contributed by atoms with Crippen LogP contribution in [-0.4, -0.2) is 21.6 Å². The van der Waals surface area contributed by atoms with Gasteiger partial charge in [0.15, 0.2) is 0 Å². The van der Waals surface area contributed by atoms with Gasteiger partial charge in [0, 0.05) is 42.0 Å². The molecular weight excluding hydrogens is 390 g/mol. The molecule has 0 heterocycles. The zero-order chi connectivity index (χ0) is 18.5. The van der Waals surface area contributed by atoms with Crippen LogP contribution in [-0.2, 0) is 19.5 Å². The quantitative estimate of drug-likeness (QED) is 0.449. The van der Waals surface area contributed by atoms with Gasteiger partial charge in [0.2, 0.25) is 0 Å². The Morgan fingerprint density at radius 2 is 0.926 bits per heavy atom. The number of nitrogens with zero attached hydrogens (tertiary/aromatic N) is 2. The standard InChI is InChI=1S/C22H20N2O2.Zn/c1-15(17-9-3-7-13-21(17)25)23-19-11-5-6-12-20(19)24-16(2)18-10-4-8-14-22(18)26;/h3-14,25-26H,1-2H3;. The Kier molecular flexibility index (Phi) is 7.03. The van der Waals surface area contributed by atoms with Crippen LogP contribution in [0.5, 0.6) is 11.5 Å². The van der Waals surface area contributed by atoms with Crippen molar-refractivity contribution in [1.82, 2.24) is 0 Å². The molecule has 2 N–H and O–H groups in total. The van der Waals surface area contributed by atoms with Gasteiger partial charge < -0.3 is 10.2 Å². The summed E-state index contributed by atoms with van der Waals surface area (Å²) in [5.41, 5.74) is 4.16. The Morgan fingerprint density at radius 3 is 1.30 bits per heavy atom. The van der Waals surface area contributed by atoms with Crippen LogP contribution in [0.3, 0.4) is 0 Å². The van der Waals surface area contributed by atoms with Crippen molar-refractivity contribution in [2.75, 3.05) is 0 Å². The molecule has 3 aromatic carbocycles. The van der Waals surface area contributed by atoms with Crippen LogP contribution in [0, 0.1) is 0 Å². The van der Waals surface area contributed by atoms with E-state index in [0.717, 1.165) is 0 Å². The van der Waals surface area contributed by atoms with Gasteiger partial charge >= 0.3 is 0 Å².